The molecule has 0 N–H and O–H groups in total. The number of alkyl halides is 1. The van der Waals surface area contributed by atoms with Crippen LogP contribution >= 0.6 is 22.6 Å². The maximum absolute atomic E-state index is 5.94. The fourth-order valence-corrected chi connectivity index (χ4v) is 3.40. The van der Waals surface area contributed by atoms with Crippen LogP contribution in [0.25, 0.3) is 0 Å². The maximum Gasteiger partial charge on any atom is 0.126 e. The first-order valence-electron chi connectivity index (χ1n) is 7.01. The molecule has 0 radical (unpaired) electrons. The van der Waals surface area contributed by atoms with E-state index in [-0.39, 0.29) is 0 Å². The Morgan fingerprint density at radius 1 is 1.45 bits per heavy atom. The lowest BCUT2D eigenvalue weighted by Gasteiger charge is -2.39. The highest BCUT2D eigenvalue weighted by Gasteiger charge is 2.29. The van der Waals surface area contributed by atoms with Gasteiger partial charge in [0.25, 0.3) is 0 Å². The normalized spacial score (nSPS) is 26.7. The molecule has 1 aromatic rings. The number of hydrogen-bond acceptors (Lipinski definition) is 4. The molecule has 2 atom stereocenters. The fourth-order valence-electron chi connectivity index (χ4n) is 2.87. The highest BCUT2D eigenvalue weighted by atomic mass is 127. The number of nitrogens with zero attached hydrogens (tertiary/aromatic N) is 1. The number of rotatable bonds is 3. The Kier molecular flexibility index (Phi) is 4.68. The lowest BCUT2D eigenvalue weighted by atomic mass is 10.0. The molecule has 1 saturated heterocycles. The van der Waals surface area contributed by atoms with Gasteiger partial charge in [0.1, 0.15) is 18.1 Å². The second kappa shape index (κ2) is 6.49. The average molecular weight is 389 g/mol. The van der Waals surface area contributed by atoms with Crippen LogP contribution in [0.3, 0.4) is 0 Å². The minimum Gasteiger partial charge on any atom is -0.497 e. The van der Waals surface area contributed by atoms with Gasteiger partial charge >= 0.3 is 0 Å². The smallest absolute Gasteiger partial charge is 0.126 e. The van der Waals surface area contributed by atoms with Crippen molar-refractivity contribution in [2.45, 2.75) is 18.6 Å². The Morgan fingerprint density at radius 2 is 2.35 bits per heavy atom. The molecule has 2 aliphatic heterocycles. The predicted molar refractivity (Wildman–Crippen MR) is 86.2 cm³/mol. The van der Waals surface area contributed by atoms with E-state index in [1.165, 1.54) is 5.56 Å². The summed E-state index contributed by atoms with van der Waals surface area (Å²) in [6.45, 7) is 3.61. The Morgan fingerprint density at radius 3 is 3.15 bits per heavy atom. The molecular weight excluding hydrogens is 369 g/mol. The Balaban J connectivity index is 1.69. The first-order valence-corrected chi connectivity index (χ1v) is 8.54. The van der Waals surface area contributed by atoms with Gasteiger partial charge in [-0.2, -0.15) is 0 Å². The first-order chi connectivity index (χ1) is 9.80. The van der Waals surface area contributed by atoms with Crippen LogP contribution < -0.4 is 9.47 Å². The fraction of sp³-hybridized carbons (Fsp3) is 0.600. The van der Waals surface area contributed by atoms with Crippen LogP contribution in [0.15, 0.2) is 18.2 Å². The molecule has 0 amide bonds. The summed E-state index contributed by atoms with van der Waals surface area (Å²) in [5, 5.41) is 0. The molecule has 0 spiro atoms. The molecule has 4 nitrogen and oxygen atoms in total. The van der Waals surface area contributed by atoms with Crippen LogP contribution in [0.5, 0.6) is 11.5 Å². The number of halogens is 1. The molecule has 2 aliphatic rings. The van der Waals surface area contributed by atoms with Crippen LogP contribution in [0, 0.1) is 0 Å². The van der Waals surface area contributed by atoms with Crippen LogP contribution in [-0.2, 0) is 11.2 Å². The molecule has 1 aromatic carbocycles. The zero-order valence-corrected chi connectivity index (χ0v) is 13.8. The van der Waals surface area contributed by atoms with Crippen LogP contribution in [0.1, 0.15) is 5.56 Å². The van der Waals surface area contributed by atoms with E-state index in [1.54, 1.807) is 7.11 Å². The molecule has 0 saturated carbocycles. The molecule has 3 rings (SSSR count). The van der Waals surface area contributed by atoms with Gasteiger partial charge in [-0.1, -0.05) is 28.7 Å². The summed E-state index contributed by atoms with van der Waals surface area (Å²) < 4.78 is 18.0. The van der Waals surface area contributed by atoms with Crippen molar-refractivity contribution in [3.8, 4) is 11.5 Å². The minimum atomic E-state index is 0.363. The second-order valence-corrected chi connectivity index (χ2v) is 6.17. The van der Waals surface area contributed by atoms with E-state index in [4.69, 9.17) is 14.2 Å². The van der Waals surface area contributed by atoms with E-state index in [0.717, 1.165) is 48.7 Å². The van der Waals surface area contributed by atoms with Crippen LogP contribution in [-0.4, -0.2) is 54.9 Å². The van der Waals surface area contributed by atoms with Crippen molar-refractivity contribution < 1.29 is 14.2 Å². The summed E-state index contributed by atoms with van der Waals surface area (Å²) in [7, 11) is 1.69. The Hall–Kier alpha value is -0.530. The van der Waals surface area contributed by atoms with Crippen LogP contribution in [0.2, 0.25) is 0 Å². The van der Waals surface area contributed by atoms with E-state index in [9.17, 15) is 0 Å². The molecule has 2 unspecified atom stereocenters. The number of ether oxygens (including phenoxy) is 3. The quantitative estimate of drug-likeness (QED) is 0.586. The summed E-state index contributed by atoms with van der Waals surface area (Å²) in [5.41, 5.74) is 1.28. The number of fused-ring (bicyclic) bond motifs is 1. The van der Waals surface area contributed by atoms with Crippen molar-refractivity contribution in [2.75, 3.05) is 37.8 Å². The van der Waals surface area contributed by atoms with Crippen molar-refractivity contribution in [1.82, 2.24) is 4.90 Å². The largest absolute Gasteiger partial charge is 0.497 e. The van der Waals surface area contributed by atoms with Crippen LogP contribution in [0.4, 0.5) is 0 Å². The summed E-state index contributed by atoms with van der Waals surface area (Å²) in [6, 6.07) is 6.58. The molecule has 2 heterocycles. The molecule has 5 heteroatoms. The number of benzene rings is 1. The van der Waals surface area contributed by atoms with Gasteiger partial charge in [-0.3, -0.25) is 4.90 Å². The third-order valence-corrected chi connectivity index (χ3v) is 5.00. The van der Waals surface area contributed by atoms with E-state index >= 15 is 0 Å². The Labute approximate surface area is 133 Å². The summed E-state index contributed by atoms with van der Waals surface area (Å²) in [5.74, 6) is 1.83. The summed E-state index contributed by atoms with van der Waals surface area (Å²) >= 11 is 2.40. The highest BCUT2D eigenvalue weighted by Crippen LogP contribution is 2.30. The molecule has 110 valence electrons. The predicted octanol–water partition coefficient (Wildman–Crippen LogP) is 2.13. The van der Waals surface area contributed by atoms with Crippen molar-refractivity contribution >= 4 is 22.6 Å². The number of methoxy groups -OCH3 is 1. The second-order valence-electron chi connectivity index (χ2n) is 5.28. The lowest BCUT2D eigenvalue weighted by Crippen LogP contribution is -2.51. The standard InChI is InChI=1S/C15H20INO3/c1-18-13-3-2-11-6-12(10-20-15(11)7-13)17-4-5-19-14(8-16)9-17/h2-3,7,12,14H,4-6,8-10H2,1H3. The molecule has 1 fully saturated rings. The summed E-state index contributed by atoms with van der Waals surface area (Å²) in [6.07, 6.45) is 1.41. The summed E-state index contributed by atoms with van der Waals surface area (Å²) in [4.78, 5) is 2.51. The van der Waals surface area contributed by atoms with E-state index in [1.807, 2.05) is 12.1 Å². The molecule has 0 bridgehead atoms. The van der Waals surface area contributed by atoms with E-state index in [2.05, 4.69) is 33.6 Å². The van der Waals surface area contributed by atoms with E-state index < -0.39 is 0 Å². The van der Waals surface area contributed by atoms with Gasteiger partial charge in [-0.15, -0.1) is 0 Å². The third kappa shape index (κ3) is 3.04. The molecule has 0 aromatic heterocycles. The zero-order valence-electron chi connectivity index (χ0n) is 11.7. The van der Waals surface area contributed by atoms with Crippen molar-refractivity contribution in [1.29, 1.82) is 0 Å². The monoisotopic (exact) mass is 389 g/mol. The molecular formula is C15H20INO3. The topological polar surface area (TPSA) is 30.9 Å². The van der Waals surface area contributed by atoms with Gasteiger partial charge in [0, 0.05) is 29.6 Å². The molecule has 0 aliphatic carbocycles. The van der Waals surface area contributed by atoms with Crippen molar-refractivity contribution in [3.05, 3.63) is 23.8 Å². The SMILES string of the molecule is COc1ccc2c(c1)OCC(N1CCOC(CI)C1)C2. The zero-order chi connectivity index (χ0) is 13.9. The number of morpholine rings is 1. The van der Waals surface area contributed by atoms with Gasteiger partial charge in [-0.25, -0.2) is 0 Å². The van der Waals surface area contributed by atoms with Crippen molar-refractivity contribution in [3.63, 3.8) is 0 Å². The maximum atomic E-state index is 5.94. The molecule has 20 heavy (non-hydrogen) atoms. The van der Waals surface area contributed by atoms with Gasteiger partial charge in [0.15, 0.2) is 0 Å². The minimum absolute atomic E-state index is 0.363. The Bertz CT molecular complexity index is 468. The average Bonchev–Trinajstić information content (AvgIpc) is 2.54. The third-order valence-electron chi connectivity index (χ3n) is 4.02. The van der Waals surface area contributed by atoms with E-state index in [0.29, 0.717) is 12.1 Å². The van der Waals surface area contributed by atoms with Gasteiger partial charge in [0.05, 0.1) is 19.8 Å². The number of hydrogen-bond donors (Lipinski definition) is 0. The van der Waals surface area contributed by atoms with Gasteiger partial charge < -0.3 is 14.2 Å². The van der Waals surface area contributed by atoms with Gasteiger partial charge in [0.2, 0.25) is 0 Å². The highest BCUT2D eigenvalue weighted by molar-refractivity contribution is 14.1. The first kappa shape index (κ1) is 14.4. The van der Waals surface area contributed by atoms with Crippen molar-refractivity contribution in [2.24, 2.45) is 0 Å². The lowest BCUT2D eigenvalue weighted by molar-refractivity contribution is -0.0392. The van der Waals surface area contributed by atoms with Gasteiger partial charge in [-0.05, 0) is 18.1 Å².